The van der Waals surface area contributed by atoms with Crippen molar-refractivity contribution in [2.24, 2.45) is 0 Å². The van der Waals surface area contributed by atoms with Crippen LogP contribution < -0.4 is 10.6 Å². The Kier molecular flexibility index (Phi) is 5.33. The van der Waals surface area contributed by atoms with E-state index in [0.717, 1.165) is 11.3 Å². The molecule has 4 N–H and O–H groups in total. The number of phenols is 1. The highest BCUT2D eigenvalue weighted by molar-refractivity contribution is 6.32. The zero-order valence-electron chi connectivity index (χ0n) is 13.3. The predicted molar refractivity (Wildman–Crippen MR) is 98.9 cm³/mol. The van der Waals surface area contributed by atoms with Gasteiger partial charge in [0.05, 0.1) is 6.20 Å². The van der Waals surface area contributed by atoms with Gasteiger partial charge in [-0.2, -0.15) is 4.98 Å². The highest BCUT2D eigenvalue weighted by atomic mass is 35.5. The van der Waals surface area contributed by atoms with Gasteiger partial charge in [0.2, 0.25) is 5.95 Å². The fraction of sp³-hybridized carbons (Fsp3) is 0.111. The number of aromatic nitrogens is 2. The van der Waals surface area contributed by atoms with Crippen molar-refractivity contribution in [1.29, 1.82) is 0 Å². The zero-order chi connectivity index (χ0) is 17.6. The van der Waals surface area contributed by atoms with Crippen molar-refractivity contribution in [1.82, 2.24) is 9.97 Å². The van der Waals surface area contributed by atoms with Crippen LogP contribution in [-0.4, -0.2) is 26.8 Å². The van der Waals surface area contributed by atoms with E-state index in [2.05, 4.69) is 20.6 Å². The van der Waals surface area contributed by atoms with Gasteiger partial charge in [-0.3, -0.25) is 0 Å². The molecule has 7 heteroatoms. The number of nitrogens with one attached hydrogen (secondary N) is 2. The first-order valence-electron chi connectivity index (χ1n) is 7.69. The monoisotopic (exact) mass is 356 g/mol. The van der Waals surface area contributed by atoms with E-state index in [0.29, 0.717) is 28.9 Å². The molecule has 128 valence electrons. The Labute approximate surface area is 150 Å². The highest BCUT2D eigenvalue weighted by Gasteiger charge is 2.07. The van der Waals surface area contributed by atoms with Crippen LogP contribution in [0.3, 0.4) is 0 Å². The fourth-order valence-electron chi connectivity index (χ4n) is 2.30. The zero-order valence-corrected chi connectivity index (χ0v) is 14.0. The third-order valence-electron chi connectivity index (χ3n) is 3.44. The van der Waals surface area contributed by atoms with Crippen LogP contribution >= 0.6 is 11.6 Å². The lowest BCUT2D eigenvalue weighted by Gasteiger charge is -2.11. The molecular formula is C18H17ClN4O2. The van der Waals surface area contributed by atoms with Crippen LogP contribution in [0.2, 0.25) is 5.02 Å². The molecule has 0 radical (unpaired) electrons. The normalized spacial score (nSPS) is 10.5. The topological polar surface area (TPSA) is 90.3 Å². The summed E-state index contributed by atoms with van der Waals surface area (Å²) >= 11 is 6.15. The third kappa shape index (κ3) is 4.59. The van der Waals surface area contributed by atoms with Crippen molar-refractivity contribution in [2.75, 3.05) is 17.2 Å². The lowest BCUT2D eigenvalue weighted by Crippen LogP contribution is -2.02. The SMILES string of the molecule is OCCc1cccc(Nc2ncc(Cl)c(Nc3cccc(O)c3)n2)c1. The molecule has 0 saturated heterocycles. The molecule has 0 aliphatic heterocycles. The van der Waals surface area contributed by atoms with E-state index < -0.39 is 0 Å². The average molecular weight is 357 g/mol. The van der Waals surface area contributed by atoms with E-state index in [1.807, 2.05) is 24.3 Å². The van der Waals surface area contributed by atoms with Crippen LogP contribution in [0.25, 0.3) is 0 Å². The third-order valence-corrected chi connectivity index (χ3v) is 3.71. The minimum atomic E-state index is 0.0961. The first-order valence-corrected chi connectivity index (χ1v) is 8.07. The van der Waals surface area contributed by atoms with E-state index in [4.69, 9.17) is 16.7 Å². The van der Waals surface area contributed by atoms with E-state index in [9.17, 15) is 5.11 Å². The lowest BCUT2D eigenvalue weighted by atomic mass is 10.1. The number of hydrogen-bond acceptors (Lipinski definition) is 6. The second-order valence-electron chi connectivity index (χ2n) is 5.36. The van der Waals surface area contributed by atoms with Gasteiger partial charge in [0.1, 0.15) is 10.8 Å². The van der Waals surface area contributed by atoms with Crippen molar-refractivity contribution in [3.8, 4) is 5.75 Å². The standard InChI is InChI=1S/C18H17ClN4O2/c19-16-11-20-18(22-13-4-1-3-12(9-13)7-8-24)23-17(16)21-14-5-2-6-15(25)10-14/h1-6,9-11,24-25H,7-8H2,(H2,20,21,22,23). The van der Waals surface area contributed by atoms with Crippen molar-refractivity contribution in [3.05, 3.63) is 65.3 Å². The first kappa shape index (κ1) is 17.0. The van der Waals surface area contributed by atoms with E-state index >= 15 is 0 Å². The molecule has 25 heavy (non-hydrogen) atoms. The van der Waals surface area contributed by atoms with Crippen molar-refractivity contribution in [3.63, 3.8) is 0 Å². The molecule has 0 atom stereocenters. The maximum Gasteiger partial charge on any atom is 0.229 e. The number of halogens is 1. The van der Waals surface area contributed by atoms with Gasteiger partial charge in [0.25, 0.3) is 0 Å². The summed E-state index contributed by atoms with van der Waals surface area (Å²) in [4.78, 5) is 8.55. The van der Waals surface area contributed by atoms with Gasteiger partial charge in [-0.25, -0.2) is 4.98 Å². The summed E-state index contributed by atoms with van der Waals surface area (Å²) in [5.74, 6) is 0.957. The van der Waals surface area contributed by atoms with Gasteiger partial charge >= 0.3 is 0 Å². The number of hydrogen-bond donors (Lipinski definition) is 4. The second kappa shape index (κ2) is 7.83. The Morgan fingerprint density at radius 2 is 1.76 bits per heavy atom. The minimum Gasteiger partial charge on any atom is -0.508 e. The molecule has 0 fully saturated rings. The molecule has 0 unspecified atom stereocenters. The molecule has 2 aromatic carbocycles. The van der Waals surface area contributed by atoms with Gasteiger partial charge in [0, 0.05) is 24.0 Å². The second-order valence-corrected chi connectivity index (χ2v) is 5.77. The highest BCUT2D eigenvalue weighted by Crippen LogP contribution is 2.26. The Balaban J connectivity index is 1.80. The van der Waals surface area contributed by atoms with Crippen LogP contribution in [0.4, 0.5) is 23.1 Å². The lowest BCUT2D eigenvalue weighted by molar-refractivity contribution is 0.299. The first-order chi connectivity index (χ1) is 12.1. The molecule has 0 spiro atoms. The van der Waals surface area contributed by atoms with Crippen LogP contribution in [0.15, 0.2) is 54.7 Å². The quantitative estimate of drug-likeness (QED) is 0.536. The largest absolute Gasteiger partial charge is 0.508 e. The molecule has 1 heterocycles. The molecule has 0 bridgehead atoms. The summed E-state index contributed by atoms with van der Waals surface area (Å²) < 4.78 is 0. The van der Waals surface area contributed by atoms with Crippen molar-refractivity contribution in [2.45, 2.75) is 6.42 Å². The number of aliphatic hydroxyl groups is 1. The Bertz CT molecular complexity index is 873. The van der Waals surface area contributed by atoms with E-state index in [1.54, 1.807) is 24.3 Å². The van der Waals surface area contributed by atoms with Crippen LogP contribution in [0, 0.1) is 0 Å². The molecule has 6 nitrogen and oxygen atoms in total. The smallest absolute Gasteiger partial charge is 0.229 e. The van der Waals surface area contributed by atoms with Gasteiger partial charge in [0.15, 0.2) is 5.82 Å². The maximum atomic E-state index is 9.54. The van der Waals surface area contributed by atoms with Crippen molar-refractivity contribution >= 4 is 34.7 Å². The summed E-state index contributed by atoms with van der Waals surface area (Å²) in [6, 6.07) is 14.3. The van der Waals surface area contributed by atoms with E-state index in [-0.39, 0.29) is 12.4 Å². The summed E-state index contributed by atoms with van der Waals surface area (Å²) in [7, 11) is 0. The molecule has 0 amide bonds. The van der Waals surface area contributed by atoms with Crippen LogP contribution in [0.1, 0.15) is 5.56 Å². The molecule has 3 aromatic rings. The number of aliphatic hydroxyl groups excluding tert-OH is 1. The summed E-state index contributed by atoms with van der Waals surface area (Å²) in [5, 5.41) is 25.1. The molecule has 0 aliphatic rings. The molecule has 0 saturated carbocycles. The minimum absolute atomic E-state index is 0.0961. The number of anilines is 4. The summed E-state index contributed by atoms with van der Waals surface area (Å²) in [6.45, 7) is 0.0961. The van der Waals surface area contributed by atoms with Gasteiger partial charge in [-0.1, -0.05) is 29.8 Å². The summed E-state index contributed by atoms with van der Waals surface area (Å²) in [5.41, 5.74) is 2.49. The van der Waals surface area contributed by atoms with Crippen molar-refractivity contribution < 1.29 is 10.2 Å². The number of phenolic OH excluding ortho intramolecular Hbond substituents is 1. The fourth-order valence-corrected chi connectivity index (χ4v) is 2.44. The van der Waals surface area contributed by atoms with Gasteiger partial charge in [-0.05, 0) is 36.2 Å². The number of aromatic hydroxyl groups is 1. The number of rotatable bonds is 6. The maximum absolute atomic E-state index is 9.54. The van der Waals surface area contributed by atoms with E-state index in [1.165, 1.54) is 6.20 Å². The Morgan fingerprint density at radius 1 is 1.00 bits per heavy atom. The molecule has 3 rings (SSSR count). The van der Waals surface area contributed by atoms with Crippen LogP contribution in [0.5, 0.6) is 5.75 Å². The molecular weight excluding hydrogens is 340 g/mol. The summed E-state index contributed by atoms with van der Waals surface area (Å²) in [6.07, 6.45) is 2.08. The van der Waals surface area contributed by atoms with Gasteiger partial charge in [-0.15, -0.1) is 0 Å². The Hall–Kier alpha value is -2.83. The number of nitrogens with zero attached hydrogens (tertiary/aromatic N) is 2. The van der Waals surface area contributed by atoms with Gasteiger partial charge < -0.3 is 20.8 Å². The molecule has 1 aromatic heterocycles. The Morgan fingerprint density at radius 3 is 2.52 bits per heavy atom. The number of benzene rings is 2. The average Bonchev–Trinajstić information content (AvgIpc) is 2.59. The predicted octanol–water partition coefficient (Wildman–Crippen LogP) is 3.86. The van der Waals surface area contributed by atoms with Crippen LogP contribution in [-0.2, 0) is 6.42 Å². The molecule has 0 aliphatic carbocycles.